The highest BCUT2D eigenvalue weighted by molar-refractivity contribution is 5.76. The molecule has 0 aromatic heterocycles. The molecule has 0 spiro atoms. The Morgan fingerprint density at radius 2 is 2.06 bits per heavy atom. The van der Waals surface area contributed by atoms with Crippen molar-refractivity contribution in [2.24, 2.45) is 0 Å². The highest BCUT2D eigenvalue weighted by atomic mass is 16.5. The Morgan fingerprint density at radius 1 is 1.33 bits per heavy atom. The summed E-state index contributed by atoms with van der Waals surface area (Å²) < 4.78 is 5.02. The summed E-state index contributed by atoms with van der Waals surface area (Å²) in [5, 5.41) is 2.50. The van der Waals surface area contributed by atoms with Crippen LogP contribution in [0.2, 0.25) is 0 Å². The van der Waals surface area contributed by atoms with E-state index in [-0.39, 0.29) is 24.9 Å². The Hall–Kier alpha value is -2.04. The van der Waals surface area contributed by atoms with Crippen LogP contribution in [0.4, 0.5) is 5.69 Å². The first-order valence-corrected chi connectivity index (χ1v) is 5.83. The Morgan fingerprint density at radius 3 is 2.72 bits per heavy atom. The first-order chi connectivity index (χ1) is 8.63. The molecule has 1 amide bonds. The number of carbonyl (C=O) groups excluding carboxylic acids is 2. The molecule has 3 N–H and O–H groups in total. The summed E-state index contributed by atoms with van der Waals surface area (Å²) in [5.41, 5.74) is 7.06. The van der Waals surface area contributed by atoms with Gasteiger partial charge in [0.1, 0.15) is 0 Å². The molecule has 1 aromatic carbocycles. The van der Waals surface area contributed by atoms with Gasteiger partial charge >= 0.3 is 5.97 Å². The van der Waals surface area contributed by atoms with E-state index in [1.165, 1.54) is 0 Å². The third-order valence-electron chi connectivity index (χ3n) is 2.48. The van der Waals surface area contributed by atoms with Gasteiger partial charge in [0.2, 0.25) is 5.91 Å². The zero-order valence-electron chi connectivity index (χ0n) is 10.4. The van der Waals surface area contributed by atoms with E-state index >= 15 is 0 Å². The number of esters is 1. The van der Waals surface area contributed by atoms with Crippen LogP contribution in [0.15, 0.2) is 24.3 Å². The van der Waals surface area contributed by atoms with Crippen molar-refractivity contribution in [3.05, 3.63) is 29.8 Å². The summed E-state index contributed by atoms with van der Waals surface area (Å²) in [6.45, 7) is 0.249. The lowest BCUT2D eigenvalue weighted by molar-refractivity contribution is -0.143. The molecule has 0 fully saturated rings. The van der Waals surface area contributed by atoms with Crippen molar-refractivity contribution in [1.82, 2.24) is 5.32 Å². The zero-order valence-corrected chi connectivity index (χ0v) is 10.4. The maximum absolute atomic E-state index is 11.5. The van der Waals surface area contributed by atoms with Crippen LogP contribution in [0, 0.1) is 0 Å². The van der Waals surface area contributed by atoms with Crippen molar-refractivity contribution in [2.45, 2.75) is 19.3 Å². The third kappa shape index (κ3) is 4.86. The maximum atomic E-state index is 11.5. The minimum Gasteiger partial charge on any atom is -0.465 e. The fourth-order valence-electron chi connectivity index (χ4n) is 1.45. The summed E-state index contributed by atoms with van der Waals surface area (Å²) in [5.74, 6) is -0.386. The topological polar surface area (TPSA) is 81.4 Å². The number of para-hydroxylation sites is 1. The van der Waals surface area contributed by atoms with E-state index in [4.69, 9.17) is 10.5 Å². The van der Waals surface area contributed by atoms with Gasteiger partial charge in [-0.2, -0.15) is 0 Å². The second-order valence-electron chi connectivity index (χ2n) is 3.87. The number of nitrogens with two attached hydrogens (primary N) is 1. The van der Waals surface area contributed by atoms with Crippen LogP contribution in [-0.4, -0.2) is 25.5 Å². The quantitative estimate of drug-likeness (QED) is 0.446. The van der Waals surface area contributed by atoms with Crippen LogP contribution in [-0.2, 0) is 20.7 Å². The van der Waals surface area contributed by atoms with Gasteiger partial charge in [-0.3, -0.25) is 9.59 Å². The van der Waals surface area contributed by atoms with Gasteiger partial charge in [-0.15, -0.1) is 0 Å². The second kappa shape index (κ2) is 7.32. The van der Waals surface area contributed by atoms with Gasteiger partial charge in [0, 0.05) is 19.2 Å². The molecular weight excluding hydrogens is 232 g/mol. The van der Waals surface area contributed by atoms with Crippen LogP contribution < -0.4 is 11.1 Å². The van der Waals surface area contributed by atoms with Gasteiger partial charge in [0.15, 0.2) is 0 Å². The van der Waals surface area contributed by atoms with E-state index in [9.17, 15) is 9.59 Å². The van der Waals surface area contributed by atoms with Crippen molar-refractivity contribution in [2.75, 3.05) is 19.4 Å². The van der Waals surface area contributed by atoms with Crippen LogP contribution in [0.25, 0.3) is 0 Å². The van der Waals surface area contributed by atoms with E-state index in [0.717, 1.165) is 5.56 Å². The van der Waals surface area contributed by atoms with Crippen molar-refractivity contribution in [1.29, 1.82) is 0 Å². The molecular formula is C13H18N2O3. The largest absolute Gasteiger partial charge is 0.465 e. The summed E-state index contributed by atoms with van der Waals surface area (Å²) in [6.07, 6.45) is 1.04. The monoisotopic (exact) mass is 250 g/mol. The highest BCUT2D eigenvalue weighted by Gasteiger charge is 2.07. The molecule has 1 aromatic rings. The minimum atomic E-state index is -0.329. The number of anilines is 1. The third-order valence-corrected chi connectivity index (χ3v) is 2.48. The molecule has 0 unspecified atom stereocenters. The maximum Gasteiger partial charge on any atom is 0.310 e. The van der Waals surface area contributed by atoms with E-state index in [2.05, 4.69) is 5.32 Å². The molecule has 0 saturated heterocycles. The van der Waals surface area contributed by atoms with E-state index in [1.807, 2.05) is 12.1 Å². The van der Waals surface area contributed by atoms with Gasteiger partial charge in [-0.25, -0.2) is 0 Å². The summed E-state index contributed by atoms with van der Waals surface area (Å²) >= 11 is 0. The number of ether oxygens (including phenoxy) is 1. The predicted molar refractivity (Wildman–Crippen MR) is 68.8 cm³/mol. The number of nitrogens with one attached hydrogen (secondary N) is 1. The normalized spacial score (nSPS) is 9.83. The summed E-state index contributed by atoms with van der Waals surface area (Å²) in [7, 11) is 1.58. The average molecular weight is 250 g/mol. The number of benzene rings is 1. The molecule has 98 valence electrons. The molecule has 0 radical (unpaired) electrons. The van der Waals surface area contributed by atoms with Gasteiger partial charge in [-0.05, 0) is 18.1 Å². The Bertz CT molecular complexity index is 418. The smallest absolute Gasteiger partial charge is 0.310 e. The van der Waals surface area contributed by atoms with E-state index in [0.29, 0.717) is 18.5 Å². The van der Waals surface area contributed by atoms with Crippen LogP contribution >= 0.6 is 0 Å². The number of hydrogen-bond donors (Lipinski definition) is 2. The standard InChI is InChI=1S/C13H18N2O3/c1-15-12(16)7-4-8-18-13(17)9-10-5-2-3-6-11(10)14/h2-3,5-6H,4,7-9,14H2,1H3,(H,15,16). The second-order valence-corrected chi connectivity index (χ2v) is 3.87. The Labute approximate surface area is 106 Å². The van der Waals surface area contributed by atoms with Crippen molar-refractivity contribution >= 4 is 17.6 Å². The molecule has 5 heteroatoms. The lowest BCUT2D eigenvalue weighted by atomic mass is 10.1. The van der Waals surface area contributed by atoms with Gasteiger partial charge in [0.25, 0.3) is 0 Å². The van der Waals surface area contributed by atoms with Crippen LogP contribution in [0.1, 0.15) is 18.4 Å². The Kier molecular flexibility index (Phi) is 5.70. The first kappa shape index (κ1) is 14.0. The minimum absolute atomic E-state index is 0.0571. The fraction of sp³-hybridized carbons (Fsp3) is 0.385. The molecule has 0 atom stereocenters. The molecule has 0 heterocycles. The van der Waals surface area contributed by atoms with Crippen molar-refractivity contribution in [3.8, 4) is 0 Å². The van der Waals surface area contributed by atoms with Gasteiger partial charge < -0.3 is 15.8 Å². The number of carbonyl (C=O) groups is 2. The first-order valence-electron chi connectivity index (χ1n) is 5.83. The summed E-state index contributed by atoms with van der Waals surface area (Å²) in [4.78, 5) is 22.4. The van der Waals surface area contributed by atoms with Crippen LogP contribution in [0.3, 0.4) is 0 Å². The lowest BCUT2D eigenvalue weighted by Crippen LogP contribution is -2.18. The molecule has 0 bridgehead atoms. The number of amides is 1. The zero-order chi connectivity index (χ0) is 13.4. The van der Waals surface area contributed by atoms with Crippen LogP contribution in [0.5, 0.6) is 0 Å². The number of hydrogen-bond acceptors (Lipinski definition) is 4. The lowest BCUT2D eigenvalue weighted by Gasteiger charge is -2.06. The molecule has 0 aliphatic heterocycles. The van der Waals surface area contributed by atoms with E-state index < -0.39 is 0 Å². The molecule has 1 rings (SSSR count). The predicted octanol–water partition coefficient (Wildman–Crippen LogP) is 0.881. The number of nitrogen functional groups attached to an aromatic ring is 1. The van der Waals surface area contributed by atoms with Crippen molar-refractivity contribution in [3.63, 3.8) is 0 Å². The van der Waals surface area contributed by atoms with Gasteiger partial charge in [-0.1, -0.05) is 18.2 Å². The van der Waals surface area contributed by atoms with Crippen molar-refractivity contribution < 1.29 is 14.3 Å². The molecule has 18 heavy (non-hydrogen) atoms. The molecule has 5 nitrogen and oxygen atoms in total. The summed E-state index contributed by atoms with van der Waals surface area (Å²) in [6, 6.07) is 7.17. The highest BCUT2D eigenvalue weighted by Crippen LogP contribution is 2.11. The molecule has 0 aliphatic carbocycles. The number of rotatable bonds is 6. The average Bonchev–Trinajstić information content (AvgIpc) is 2.37. The SMILES string of the molecule is CNC(=O)CCCOC(=O)Cc1ccccc1N. The Balaban J connectivity index is 2.26. The van der Waals surface area contributed by atoms with Gasteiger partial charge in [0.05, 0.1) is 13.0 Å². The molecule has 0 saturated carbocycles. The fourth-order valence-corrected chi connectivity index (χ4v) is 1.45. The van der Waals surface area contributed by atoms with E-state index in [1.54, 1.807) is 19.2 Å². The molecule has 0 aliphatic rings.